The lowest BCUT2D eigenvalue weighted by Gasteiger charge is -2.26. The van der Waals surface area contributed by atoms with Gasteiger partial charge in [0.2, 0.25) is 0 Å². The molecule has 0 saturated carbocycles. The van der Waals surface area contributed by atoms with E-state index in [0.717, 1.165) is 60.5 Å². The summed E-state index contributed by atoms with van der Waals surface area (Å²) in [6.45, 7) is 5.01. The van der Waals surface area contributed by atoms with Gasteiger partial charge in [0.05, 0.1) is 13.2 Å². The number of morpholine rings is 1. The molecule has 1 fully saturated rings. The van der Waals surface area contributed by atoms with Crippen LogP contribution in [0.2, 0.25) is 0 Å². The van der Waals surface area contributed by atoms with Crippen LogP contribution in [0.5, 0.6) is 11.5 Å². The third-order valence-corrected chi connectivity index (χ3v) is 6.14. The maximum absolute atomic E-state index is 10.7. The Morgan fingerprint density at radius 3 is 2.16 bits per heavy atom. The molecule has 1 saturated heterocycles. The third kappa shape index (κ3) is 4.22. The minimum Gasteiger partial charge on any atom is -0.508 e. The van der Waals surface area contributed by atoms with E-state index in [0.29, 0.717) is 18.8 Å². The predicted octanol–water partition coefficient (Wildman–Crippen LogP) is 5.00. The molecule has 0 aromatic heterocycles. The van der Waals surface area contributed by atoms with E-state index in [2.05, 4.69) is 53.4 Å². The lowest BCUT2D eigenvalue weighted by atomic mass is 9.93. The number of hydrogen-bond donors (Lipinski definition) is 1. The molecule has 1 heterocycles. The van der Waals surface area contributed by atoms with Gasteiger partial charge in [-0.15, -0.1) is 0 Å². The molecule has 0 spiro atoms. The van der Waals surface area contributed by atoms with E-state index in [9.17, 15) is 5.11 Å². The normalized spacial score (nSPS) is 14.8. The smallest absolute Gasteiger partial charge is 0.123 e. The highest BCUT2D eigenvalue weighted by Crippen LogP contribution is 2.35. The second kappa shape index (κ2) is 8.96. The molecule has 0 unspecified atom stereocenters. The molecule has 0 radical (unpaired) electrons. The molecule has 158 valence electrons. The number of ether oxygens (including phenoxy) is 2. The van der Waals surface area contributed by atoms with Crippen LogP contribution in [0, 0.1) is 0 Å². The predicted molar refractivity (Wildman–Crippen MR) is 125 cm³/mol. The first-order valence-corrected chi connectivity index (χ1v) is 10.9. The molecule has 0 aliphatic carbocycles. The lowest BCUT2D eigenvalue weighted by molar-refractivity contribution is 0.0322. The first kappa shape index (κ1) is 19.9. The molecule has 31 heavy (non-hydrogen) atoms. The van der Waals surface area contributed by atoms with Crippen LogP contribution < -0.4 is 4.74 Å². The van der Waals surface area contributed by atoms with Gasteiger partial charge in [0, 0.05) is 37.2 Å². The zero-order valence-corrected chi connectivity index (χ0v) is 17.6. The fourth-order valence-corrected chi connectivity index (χ4v) is 4.43. The third-order valence-electron chi connectivity index (χ3n) is 6.14. The van der Waals surface area contributed by atoms with E-state index in [1.807, 2.05) is 18.2 Å². The molecule has 4 aromatic rings. The van der Waals surface area contributed by atoms with E-state index in [1.165, 1.54) is 10.8 Å². The number of phenolic OH excluding ortho intramolecular Hbond substituents is 1. The van der Waals surface area contributed by atoms with Gasteiger partial charge in [0.1, 0.15) is 18.1 Å². The Hall–Kier alpha value is -3.08. The van der Waals surface area contributed by atoms with Crippen molar-refractivity contribution in [1.82, 2.24) is 4.90 Å². The second-order valence-corrected chi connectivity index (χ2v) is 8.03. The van der Waals surface area contributed by atoms with Crippen molar-refractivity contribution >= 4 is 21.5 Å². The van der Waals surface area contributed by atoms with E-state index >= 15 is 0 Å². The van der Waals surface area contributed by atoms with Gasteiger partial charge in [-0.3, -0.25) is 4.90 Å². The molecule has 1 aliphatic rings. The van der Waals surface area contributed by atoms with E-state index < -0.39 is 0 Å². The van der Waals surface area contributed by atoms with E-state index in [1.54, 1.807) is 6.07 Å². The number of aromatic hydroxyl groups is 1. The molecule has 4 heteroatoms. The summed E-state index contributed by atoms with van der Waals surface area (Å²) in [6.07, 6.45) is 0.613. The first-order valence-electron chi connectivity index (χ1n) is 10.9. The Morgan fingerprint density at radius 1 is 0.774 bits per heavy atom. The minimum absolute atomic E-state index is 0.325. The largest absolute Gasteiger partial charge is 0.508 e. The summed E-state index contributed by atoms with van der Waals surface area (Å²) < 4.78 is 11.7. The minimum atomic E-state index is 0.325. The summed E-state index contributed by atoms with van der Waals surface area (Å²) in [4.78, 5) is 2.38. The van der Waals surface area contributed by atoms with E-state index in [-0.39, 0.29) is 0 Å². The number of rotatable bonds is 6. The van der Waals surface area contributed by atoms with Crippen LogP contribution >= 0.6 is 0 Å². The highest BCUT2D eigenvalue weighted by Gasteiger charge is 2.15. The standard InChI is InChI=1S/C27H27NO3/c29-26-11-9-20-5-1-3-7-22(20)24(26)19-25-23-8-4-2-6-21(23)10-12-27(25)31-18-15-28-13-16-30-17-14-28/h1-12,29H,13-19H2. The summed E-state index contributed by atoms with van der Waals surface area (Å²) in [5, 5.41) is 15.3. The molecular formula is C27H27NO3. The second-order valence-electron chi connectivity index (χ2n) is 8.03. The van der Waals surface area contributed by atoms with Crippen LogP contribution in [-0.4, -0.2) is 49.5 Å². The van der Waals surface area contributed by atoms with Gasteiger partial charge in [-0.1, -0.05) is 60.7 Å². The number of nitrogens with zero attached hydrogens (tertiary/aromatic N) is 1. The molecule has 4 nitrogen and oxygen atoms in total. The fourth-order valence-electron chi connectivity index (χ4n) is 4.43. The van der Waals surface area contributed by atoms with Crippen molar-refractivity contribution in [2.24, 2.45) is 0 Å². The van der Waals surface area contributed by atoms with Gasteiger partial charge >= 0.3 is 0 Å². The van der Waals surface area contributed by atoms with Crippen LogP contribution in [0.3, 0.4) is 0 Å². The zero-order valence-electron chi connectivity index (χ0n) is 17.6. The summed E-state index contributed by atoms with van der Waals surface area (Å²) >= 11 is 0. The molecule has 1 N–H and O–H groups in total. The SMILES string of the molecule is Oc1ccc2ccccc2c1Cc1c(OCCN2CCOCC2)ccc2ccccc12. The fraction of sp³-hybridized carbons (Fsp3) is 0.259. The molecule has 0 bridgehead atoms. The van der Waals surface area contributed by atoms with Crippen molar-refractivity contribution in [3.05, 3.63) is 83.9 Å². The Balaban J connectivity index is 1.49. The van der Waals surface area contributed by atoms with Crippen molar-refractivity contribution < 1.29 is 14.6 Å². The summed E-state index contributed by atoms with van der Waals surface area (Å²) in [7, 11) is 0. The van der Waals surface area contributed by atoms with Crippen LogP contribution in [0.25, 0.3) is 21.5 Å². The van der Waals surface area contributed by atoms with Gasteiger partial charge in [0.15, 0.2) is 0 Å². The topological polar surface area (TPSA) is 41.9 Å². The van der Waals surface area contributed by atoms with Crippen molar-refractivity contribution in [1.29, 1.82) is 0 Å². The highest BCUT2D eigenvalue weighted by molar-refractivity contribution is 5.91. The first-order chi connectivity index (χ1) is 15.3. The monoisotopic (exact) mass is 413 g/mol. The zero-order chi connectivity index (χ0) is 21.0. The molecule has 4 aromatic carbocycles. The quantitative estimate of drug-likeness (QED) is 0.483. The molecule has 5 rings (SSSR count). The van der Waals surface area contributed by atoms with Crippen LogP contribution in [0.15, 0.2) is 72.8 Å². The molecule has 0 amide bonds. The summed E-state index contributed by atoms with van der Waals surface area (Å²) in [6, 6.07) is 24.5. The van der Waals surface area contributed by atoms with Crippen LogP contribution in [-0.2, 0) is 11.2 Å². The highest BCUT2D eigenvalue weighted by atomic mass is 16.5. The van der Waals surface area contributed by atoms with Crippen molar-refractivity contribution in [3.8, 4) is 11.5 Å². The Kier molecular flexibility index (Phi) is 5.74. The molecule has 0 atom stereocenters. The number of fused-ring (bicyclic) bond motifs is 2. The maximum atomic E-state index is 10.7. The number of hydrogen-bond acceptors (Lipinski definition) is 4. The lowest BCUT2D eigenvalue weighted by Crippen LogP contribution is -2.38. The van der Waals surface area contributed by atoms with Gasteiger partial charge in [-0.25, -0.2) is 0 Å². The maximum Gasteiger partial charge on any atom is 0.123 e. The van der Waals surface area contributed by atoms with Crippen molar-refractivity contribution in [2.75, 3.05) is 39.5 Å². The van der Waals surface area contributed by atoms with Gasteiger partial charge in [-0.2, -0.15) is 0 Å². The number of phenols is 1. The van der Waals surface area contributed by atoms with Crippen LogP contribution in [0.1, 0.15) is 11.1 Å². The van der Waals surface area contributed by atoms with Gasteiger partial charge in [-0.05, 0) is 33.7 Å². The van der Waals surface area contributed by atoms with Gasteiger partial charge in [0.25, 0.3) is 0 Å². The summed E-state index contributed by atoms with van der Waals surface area (Å²) in [5.41, 5.74) is 2.05. The van der Waals surface area contributed by atoms with Crippen molar-refractivity contribution in [3.63, 3.8) is 0 Å². The molecular weight excluding hydrogens is 386 g/mol. The summed E-state index contributed by atoms with van der Waals surface area (Å²) in [5.74, 6) is 1.21. The average Bonchev–Trinajstić information content (AvgIpc) is 2.82. The Morgan fingerprint density at radius 2 is 1.42 bits per heavy atom. The number of benzene rings is 4. The average molecular weight is 414 g/mol. The van der Waals surface area contributed by atoms with Gasteiger partial charge < -0.3 is 14.6 Å². The van der Waals surface area contributed by atoms with Crippen LogP contribution in [0.4, 0.5) is 0 Å². The van der Waals surface area contributed by atoms with E-state index in [4.69, 9.17) is 9.47 Å². The Bertz CT molecular complexity index is 1200. The Labute approximate surface area is 182 Å². The van der Waals surface area contributed by atoms with Crippen molar-refractivity contribution in [2.45, 2.75) is 6.42 Å². The molecule has 1 aliphatic heterocycles.